The van der Waals surface area contributed by atoms with Crippen molar-refractivity contribution in [3.63, 3.8) is 0 Å². The number of amides is 1. The lowest BCUT2D eigenvalue weighted by atomic mass is 9.87. The maximum absolute atomic E-state index is 11.3. The molecule has 0 saturated carbocycles. The number of rotatable bonds is 4. The Labute approximate surface area is 155 Å². The van der Waals surface area contributed by atoms with Crippen LogP contribution in [0.5, 0.6) is 5.75 Å². The summed E-state index contributed by atoms with van der Waals surface area (Å²) in [6.45, 7) is 11.0. The van der Waals surface area contributed by atoms with Crippen molar-refractivity contribution in [2.75, 3.05) is 6.61 Å². The Kier molecular flexibility index (Phi) is 4.70. The molecule has 0 saturated heterocycles. The number of fused-ring (bicyclic) bond motifs is 1. The lowest BCUT2D eigenvalue weighted by molar-refractivity contribution is 0.0392. The fourth-order valence-electron chi connectivity index (χ4n) is 4.03. The molecule has 0 aliphatic heterocycles. The Balaban J connectivity index is 2.00. The van der Waals surface area contributed by atoms with Crippen LogP contribution in [0, 0.1) is 19.3 Å². The molecule has 4 nitrogen and oxygen atoms in total. The van der Waals surface area contributed by atoms with Gasteiger partial charge in [0.2, 0.25) is 0 Å². The van der Waals surface area contributed by atoms with Crippen molar-refractivity contribution < 1.29 is 14.3 Å². The predicted molar refractivity (Wildman–Crippen MR) is 103 cm³/mol. The molecule has 0 aromatic heterocycles. The summed E-state index contributed by atoms with van der Waals surface area (Å²) in [5, 5.41) is 0. The predicted octanol–water partition coefficient (Wildman–Crippen LogP) is 5.09. The van der Waals surface area contributed by atoms with Crippen molar-refractivity contribution in [3.8, 4) is 16.9 Å². The third-order valence-corrected chi connectivity index (χ3v) is 5.10. The highest BCUT2D eigenvalue weighted by Crippen LogP contribution is 2.48. The van der Waals surface area contributed by atoms with Gasteiger partial charge in [-0.2, -0.15) is 0 Å². The number of carbonyl (C=O) groups is 1. The standard InChI is InChI=1S/C22H27NO3/c1-6-25-19-13(2)9-16(10-14(19)3)15-7-8-18-17(11-15)12-22(4,5)20(18)26-21(23)24/h7-11,20H,6,12H2,1-5H3,(H2,23,24). The number of aryl methyl sites for hydroxylation is 2. The highest BCUT2D eigenvalue weighted by Gasteiger charge is 2.41. The van der Waals surface area contributed by atoms with Crippen LogP contribution in [0.3, 0.4) is 0 Å². The minimum atomic E-state index is -0.724. The number of nitrogens with two attached hydrogens (primary N) is 1. The molecule has 0 spiro atoms. The quantitative estimate of drug-likeness (QED) is 0.833. The molecule has 4 heteroatoms. The normalized spacial score (nSPS) is 17.7. The van der Waals surface area contributed by atoms with Crippen molar-refractivity contribution in [1.29, 1.82) is 0 Å². The molecule has 3 rings (SSSR count). The van der Waals surface area contributed by atoms with E-state index in [1.54, 1.807) is 0 Å². The summed E-state index contributed by atoms with van der Waals surface area (Å²) >= 11 is 0. The summed E-state index contributed by atoms with van der Waals surface area (Å²) in [5.74, 6) is 0.966. The molecule has 1 unspecified atom stereocenters. The summed E-state index contributed by atoms with van der Waals surface area (Å²) in [7, 11) is 0. The molecule has 138 valence electrons. The first kappa shape index (κ1) is 18.3. The maximum atomic E-state index is 11.3. The fraction of sp³-hybridized carbons (Fsp3) is 0.409. The van der Waals surface area contributed by atoms with Crippen LogP contribution in [0.4, 0.5) is 4.79 Å². The van der Waals surface area contributed by atoms with Gasteiger partial charge < -0.3 is 15.2 Å². The summed E-state index contributed by atoms with van der Waals surface area (Å²) in [6, 6.07) is 10.7. The average molecular weight is 353 g/mol. The van der Waals surface area contributed by atoms with Crippen LogP contribution >= 0.6 is 0 Å². The molecule has 1 amide bonds. The van der Waals surface area contributed by atoms with E-state index in [-0.39, 0.29) is 11.5 Å². The van der Waals surface area contributed by atoms with E-state index < -0.39 is 6.09 Å². The number of hydrogen-bond acceptors (Lipinski definition) is 3. The molecule has 26 heavy (non-hydrogen) atoms. The molecule has 2 N–H and O–H groups in total. The summed E-state index contributed by atoms with van der Waals surface area (Å²) in [5.41, 5.74) is 12.0. The van der Waals surface area contributed by atoms with Crippen molar-refractivity contribution in [2.45, 2.75) is 47.1 Å². The van der Waals surface area contributed by atoms with Crippen LogP contribution in [-0.2, 0) is 11.2 Å². The van der Waals surface area contributed by atoms with Gasteiger partial charge >= 0.3 is 6.09 Å². The highest BCUT2D eigenvalue weighted by atomic mass is 16.6. The van der Waals surface area contributed by atoms with E-state index in [2.05, 4.69) is 58.0 Å². The SMILES string of the molecule is CCOc1c(C)cc(-c2ccc3c(c2)CC(C)(C)C3OC(N)=O)cc1C. The third kappa shape index (κ3) is 3.28. The molecule has 2 aromatic carbocycles. The molecular formula is C22H27NO3. The van der Waals surface area contributed by atoms with Gasteiger partial charge in [0.1, 0.15) is 11.9 Å². The molecule has 1 aliphatic rings. The Hall–Kier alpha value is -2.49. The van der Waals surface area contributed by atoms with E-state index in [1.165, 1.54) is 11.1 Å². The average Bonchev–Trinajstić information content (AvgIpc) is 2.79. The number of ether oxygens (including phenoxy) is 2. The topological polar surface area (TPSA) is 61.6 Å². The number of hydrogen-bond donors (Lipinski definition) is 1. The van der Waals surface area contributed by atoms with Crippen LogP contribution in [0.2, 0.25) is 0 Å². The van der Waals surface area contributed by atoms with E-state index in [0.29, 0.717) is 6.61 Å². The monoisotopic (exact) mass is 353 g/mol. The molecular weight excluding hydrogens is 326 g/mol. The van der Waals surface area contributed by atoms with Gasteiger partial charge in [-0.25, -0.2) is 4.79 Å². The second-order valence-electron chi connectivity index (χ2n) is 7.77. The highest BCUT2D eigenvalue weighted by molar-refractivity contribution is 5.70. The van der Waals surface area contributed by atoms with Crippen LogP contribution < -0.4 is 10.5 Å². The lowest BCUT2D eigenvalue weighted by Crippen LogP contribution is -2.25. The second kappa shape index (κ2) is 6.67. The molecule has 1 aliphatic carbocycles. The fourth-order valence-corrected chi connectivity index (χ4v) is 4.03. The van der Waals surface area contributed by atoms with E-state index in [9.17, 15) is 4.79 Å². The summed E-state index contributed by atoms with van der Waals surface area (Å²) in [4.78, 5) is 11.3. The van der Waals surface area contributed by atoms with Crippen LogP contribution in [0.15, 0.2) is 30.3 Å². The number of benzene rings is 2. The number of carbonyl (C=O) groups excluding carboxylic acids is 1. The first-order valence-corrected chi connectivity index (χ1v) is 9.06. The summed E-state index contributed by atoms with van der Waals surface area (Å²) in [6.07, 6.45) is -0.172. The molecule has 1 atom stereocenters. The van der Waals surface area contributed by atoms with Crippen LogP contribution in [-0.4, -0.2) is 12.7 Å². The van der Waals surface area contributed by atoms with Crippen LogP contribution in [0.1, 0.15) is 49.1 Å². The van der Waals surface area contributed by atoms with E-state index >= 15 is 0 Å². The van der Waals surface area contributed by atoms with Gasteiger partial charge in [-0.05, 0) is 72.7 Å². The van der Waals surface area contributed by atoms with E-state index in [0.717, 1.165) is 34.4 Å². The first-order valence-electron chi connectivity index (χ1n) is 9.06. The molecule has 0 fully saturated rings. The van der Waals surface area contributed by atoms with Gasteiger partial charge in [-0.1, -0.05) is 32.0 Å². The number of primary amides is 1. The van der Waals surface area contributed by atoms with Gasteiger partial charge in [0.05, 0.1) is 6.61 Å². The molecule has 0 bridgehead atoms. The zero-order chi connectivity index (χ0) is 19.1. The van der Waals surface area contributed by atoms with Crippen molar-refractivity contribution in [2.24, 2.45) is 11.1 Å². The second-order valence-corrected chi connectivity index (χ2v) is 7.77. The summed E-state index contributed by atoms with van der Waals surface area (Å²) < 4.78 is 11.2. The van der Waals surface area contributed by atoms with Gasteiger partial charge in [-0.15, -0.1) is 0 Å². The Morgan fingerprint density at radius 3 is 2.38 bits per heavy atom. The minimum absolute atomic E-state index is 0.166. The zero-order valence-electron chi connectivity index (χ0n) is 16.2. The molecule has 2 aromatic rings. The molecule has 0 heterocycles. The maximum Gasteiger partial charge on any atom is 0.405 e. The van der Waals surface area contributed by atoms with Gasteiger partial charge in [-0.3, -0.25) is 0 Å². The lowest BCUT2D eigenvalue weighted by Gasteiger charge is -2.26. The minimum Gasteiger partial charge on any atom is -0.493 e. The Bertz CT molecular complexity index is 831. The van der Waals surface area contributed by atoms with E-state index in [1.807, 2.05) is 6.92 Å². The zero-order valence-corrected chi connectivity index (χ0v) is 16.2. The Morgan fingerprint density at radius 2 is 1.81 bits per heavy atom. The van der Waals surface area contributed by atoms with Crippen molar-refractivity contribution >= 4 is 6.09 Å². The Morgan fingerprint density at radius 1 is 1.15 bits per heavy atom. The van der Waals surface area contributed by atoms with Crippen molar-refractivity contribution in [1.82, 2.24) is 0 Å². The largest absolute Gasteiger partial charge is 0.493 e. The first-order chi connectivity index (χ1) is 12.2. The third-order valence-electron chi connectivity index (χ3n) is 5.10. The smallest absolute Gasteiger partial charge is 0.405 e. The molecule has 0 radical (unpaired) electrons. The van der Waals surface area contributed by atoms with Crippen LogP contribution in [0.25, 0.3) is 11.1 Å². The van der Waals surface area contributed by atoms with Gasteiger partial charge in [0.25, 0.3) is 0 Å². The van der Waals surface area contributed by atoms with Gasteiger partial charge in [0, 0.05) is 5.41 Å². The van der Waals surface area contributed by atoms with Crippen molar-refractivity contribution in [3.05, 3.63) is 52.6 Å². The van der Waals surface area contributed by atoms with E-state index in [4.69, 9.17) is 15.2 Å². The van der Waals surface area contributed by atoms with Gasteiger partial charge in [0.15, 0.2) is 0 Å².